The van der Waals surface area contributed by atoms with Crippen molar-refractivity contribution < 1.29 is 14.6 Å². The number of carbonyl (C=O) groups excluding carboxylic acids is 1. The van der Waals surface area contributed by atoms with E-state index < -0.39 is 0 Å². The lowest BCUT2D eigenvalue weighted by Crippen LogP contribution is -2.41. The number of aliphatic hydroxyl groups is 1. The maximum atomic E-state index is 12.6. The molecule has 4 heteroatoms. The molecule has 0 aromatic heterocycles. The maximum Gasteiger partial charge on any atom is 0.253 e. The van der Waals surface area contributed by atoms with Gasteiger partial charge in [-0.1, -0.05) is 17.9 Å². The number of piperidine rings is 1. The monoisotopic (exact) mass is 287 g/mol. The normalized spacial score (nSPS) is 18.0. The Balaban J connectivity index is 2.08. The van der Waals surface area contributed by atoms with E-state index in [9.17, 15) is 4.79 Å². The first-order chi connectivity index (χ1) is 10.2. The van der Waals surface area contributed by atoms with Crippen molar-refractivity contribution in [2.45, 2.75) is 12.8 Å². The van der Waals surface area contributed by atoms with Crippen molar-refractivity contribution in [3.8, 4) is 11.8 Å². The molecule has 2 rings (SSSR count). The summed E-state index contributed by atoms with van der Waals surface area (Å²) in [6, 6.07) is 7.26. The van der Waals surface area contributed by atoms with Crippen LogP contribution in [0.1, 0.15) is 28.8 Å². The summed E-state index contributed by atoms with van der Waals surface area (Å²) in [7, 11) is 1.70. The number of amides is 1. The van der Waals surface area contributed by atoms with Crippen LogP contribution in [0.15, 0.2) is 24.3 Å². The summed E-state index contributed by atoms with van der Waals surface area (Å²) in [5.74, 6) is 5.90. The minimum Gasteiger partial charge on any atom is -0.384 e. The van der Waals surface area contributed by atoms with Gasteiger partial charge in [0.25, 0.3) is 5.91 Å². The molecule has 0 aliphatic carbocycles. The van der Waals surface area contributed by atoms with E-state index >= 15 is 0 Å². The van der Waals surface area contributed by atoms with Gasteiger partial charge in [0.1, 0.15) is 6.61 Å². The molecule has 0 spiro atoms. The Kier molecular flexibility index (Phi) is 5.79. The van der Waals surface area contributed by atoms with Gasteiger partial charge in [0, 0.05) is 31.3 Å². The third-order valence-corrected chi connectivity index (χ3v) is 3.63. The lowest BCUT2D eigenvalue weighted by Gasteiger charge is -2.32. The molecule has 1 aliphatic heterocycles. The van der Waals surface area contributed by atoms with Gasteiger partial charge in [-0.3, -0.25) is 4.79 Å². The van der Waals surface area contributed by atoms with Crippen molar-refractivity contribution in [2.75, 3.05) is 33.4 Å². The molecule has 0 bridgehead atoms. The second-order valence-electron chi connectivity index (χ2n) is 5.26. The molecule has 21 heavy (non-hydrogen) atoms. The van der Waals surface area contributed by atoms with Crippen LogP contribution in [0.3, 0.4) is 0 Å². The van der Waals surface area contributed by atoms with Crippen LogP contribution in [0, 0.1) is 17.8 Å². The van der Waals surface area contributed by atoms with Gasteiger partial charge < -0.3 is 14.7 Å². The van der Waals surface area contributed by atoms with E-state index in [2.05, 4.69) is 11.8 Å². The molecule has 1 N–H and O–H groups in total. The van der Waals surface area contributed by atoms with E-state index in [4.69, 9.17) is 9.84 Å². The zero-order chi connectivity index (χ0) is 15.1. The van der Waals surface area contributed by atoms with Gasteiger partial charge in [-0.2, -0.15) is 0 Å². The Morgan fingerprint density at radius 2 is 2.38 bits per heavy atom. The molecule has 1 fully saturated rings. The van der Waals surface area contributed by atoms with Gasteiger partial charge >= 0.3 is 0 Å². The largest absolute Gasteiger partial charge is 0.384 e. The predicted octanol–water partition coefficient (Wildman–Crippen LogP) is 1.53. The minimum absolute atomic E-state index is 0.0449. The molecule has 1 amide bonds. The van der Waals surface area contributed by atoms with Gasteiger partial charge in [-0.05, 0) is 37.0 Å². The summed E-state index contributed by atoms with van der Waals surface area (Å²) in [5.41, 5.74) is 1.40. The van der Waals surface area contributed by atoms with E-state index in [1.807, 2.05) is 23.1 Å². The SMILES string of the molecule is COCC1CCCN(C(=O)c2cccc(C#CCO)c2)C1. The second kappa shape index (κ2) is 7.82. The van der Waals surface area contributed by atoms with Crippen LogP contribution in [-0.4, -0.2) is 49.3 Å². The van der Waals surface area contributed by atoms with Crippen LogP contribution in [-0.2, 0) is 4.74 Å². The Hall–Kier alpha value is -1.83. The van der Waals surface area contributed by atoms with E-state index in [-0.39, 0.29) is 12.5 Å². The van der Waals surface area contributed by atoms with Crippen LogP contribution >= 0.6 is 0 Å². The Bertz CT molecular complexity index is 542. The maximum absolute atomic E-state index is 12.6. The topological polar surface area (TPSA) is 49.8 Å². The Morgan fingerprint density at radius 1 is 1.52 bits per heavy atom. The lowest BCUT2D eigenvalue weighted by molar-refractivity contribution is 0.0571. The highest BCUT2D eigenvalue weighted by Crippen LogP contribution is 2.19. The molecular weight excluding hydrogens is 266 g/mol. The Labute approximate surface area is 125 Å². The number of methoxy groups -OCH3 is 1. The quantitative estimate of drug-likeness (QED) is 0.858. The van der Waals surface area contributed by atoms with Crippen LogP contribution in [0.5, 0.6) is 0 Å². The highest BCUT2D eigenvalue weighted by molar-refractivity contribution is 5.94. The summed E-state index contributed by atoms with van der Waals surface area (Å²) in [6.07, 6.45) is 2.13. The minimum atomic E-state index is -0.178. The summed E-state index contributed by atoms with van der Waals surface area (Å²) in [6.45, 7) is 2.07. The average Bonchev–Trinajstić information content (AvgIpc) is 2.53. The first-order valence-corrected chi connectivity index (χ1v) is 7.22. The molecule has 4 nitrogen and oxygen atoms in total. The highest BCUT2D eigenvalue weighted by Gasteiger charge is 2.24. The number of hydrogen-bond acceptors (Lipinski definition) is 3. The summed E-state index contributed by atoms with van der Waals surface area (Å²) in [5, 5.41) is 8.73. The van der Waals surface area contributed by atoms with Crippen molar-refractivity contribution in [3.63, 3.8) is 0 Å². The molecule has 0 radical (unpaired) electrons. The first kappa shape index (κ1) is 15.6. The van der Waals surface area contributed by atoms with Gasteiger partial charge in [-0.25, -0.2) is 0 Å². The van der Waals surface area contributed by atoms with Crippen LogP contribution in [0.2, 0.25) is 0 Å². The number of rotatable bonds is 3. The molecule has 1 aliphatic rings. The van der Waals surface area contributed by atoms with Crippen molar-refractivity contribution in [2.24, 2.45) is 5.92 Å². The fourth-order valence-electron chi connectivity index (χ4n) is 2.68. The molecule has 1 atom stereocenters. The fourth-order valence-corrected chi connectivity index (χ4v) is 2.68. The van der Waals surface area contributed by atoms with Gasteiger partial charge in [0.15, 0.2) is 0 Å². The summed E-state index contributed by atoms with van der Waals surface area (Å²) < 4.78 is 5.20. The van der Waals surface area contributed by atoms with E-state index in [0.29, 0.717) is 18.1 Å². The number of likely N-dealkylation sites (tertiary alicyclic amines) is 1. The fraction of sp³-hybridized carbons (Fsp3) is 0.471. The molecule has 1 saturated heterocycles. The predicted molar refractivity (Wildman–Crippen MR) is 80.9 cm³/mol. The molecular formula is C17H21NO3. The number of hydrogen-bond donors (Lipinski definition) is 1. The van der Waals surface area contributed by atoms with Crippen molar-refractivity contribution in [3.05, 3.63) is 35.4 Å². The number of nitrogens with zero attached hydrogens (tertiary/aromatic N) is 1. The van der Waals surface area contributed by atoms with E-state index in [1.54, 1.807) is 13.2 Å². The average molecular weight is 287 g/mol. The van der Waals surface area contributed by atoms with Crippen LogP contribution in [0.25, 0.3) is 0 Å². The van der Waals surface area contributed by atoms with Crippen LogP contribution < -0.4 is 0 Å². The first-order valence-electron chi connectivity index (χ1n) is 7.22. The molecule has 1 aromatic rings. The van der Waals surface area contributed by atoms with Crippen LogP contribution in [0.4, 0.5) is 0 Å². The van der Waals surface area contributed by atoms with E-state index in [0.717, 1.165) is 31.5 Å². The number of aliphatic hydroxyl groups excluding tert-OH is 1. The zero-order valence-corrected chi connectivity index (χ0v) is 12.3. The number of ether oxygens (including phenoxy) is 1. The van der Waals surface area contributed by atoms with Crippen molar-refractivity contribution in [1.29, 1.82) is 0 Å². The summed E-state index contributed by atoms with van der Waals surface area (Å²) in [4.78, 5) is 14.5. The molecule has 1 unspecified atom stereocenters. The summed E-state index contributed by atoms with van der Waals surface area (Å²) >= 11 is 0. The van der Waals surface area contributed by atoms with Gasteiger partial charge in [0.05, 0.1) is 6.61 Å². The Morgan fingerprint density at radius 3 is 3.14 bits per heavy atom. The number of carbonyl (C=O) groups is 1. The highest BCUT2D eigenvalue weighted by atomic mass is 16.5. The smallest absolute Gasteiger partial charge is 0.253 e. The lowest BCUT2D eigenvalue weighted by atomic mass is 9.98. The zero-order valence-electron chi connectivity index (χ0n) is 12.3. The standard InChI is InChI=1S/C17H21NO3/c1-21-13-15-6-3-9-18(12-15)17(20)16-8-2-5-14(11-16)7-4-10-19/h2,5,8,11,15,19H,3,6,9-10,12-13H2,1H3. The van der Waals surface area contributed by atoms with Gasteiger partial charge in [-0.15, -0.1) is 0 Å². The van der Waals surface area contributed by atoms with E-state index in [1.165, 1.54) is 0 Å². The molecule has 0 saturated carbocycles. The van der Waals surface area contributed by atoms with Gasteiger partial charge in [0.2, 0.25) is 0 Å². The molecule has 1 heterocycles. The van der Waals surface area contributed by atoms with Crippen molar-refractivity contribution >= 4 is 5.91 Å². The molecule has 1 aromatic carbocycles. The third kappa shape index (κ3) is 4.32. The molecule has 112 valence electrons. The third-order valence-electron chi connectivity index (χ3n) is 3.63. The number of benzene rings is 1. The second-order valence-corrected chi connectivity index (χ2v) is 5.26. The van der Waals surface area contributed by atoms with Crippen molar-refractivity contribution in [1.82, 2.24) is 4.90 Å².